The Labute approximate surface area is 156 Å². The van der Waals surface area contributed by atoms with Crippen LogP contribution < -0.4 is 5.43 Å². The van der Waals surface area contributed by atoms with Gasteiger partial charge < -0.3 is 0 Å². The lowest BCUT2D eigenvalue weighted by Gasteiger charge is -2.08. The molecule has 0 bridgehead atoms. The second-order valence-corrected chi connectivity index (χ2v) is 7.42. The van der Waals surface area contributed by atoms with Gasteiger partial charge in [-0.05, 0) is 54.7 Å². The first-order valence-electron chi connectivity index (χ1n) is 7.80. The van der Waals surface area contributed by atoms with Gasteiger partial charge in [-0.3, -0.25) is 4.79 Å². The summed E-state index contributed by atoms with van der Waals surface area (Å²) in [7, 11) is 0. The molecule has 0 aliphatic carbocycles. The molecular formula is C19H21BrN2OS. The highest BCUT2D eigenvalue weighted by atomic mass is 79.9. The summed E-state index contributed by atoms with van der Waals surface area (Å²) in [5, 5.41) is 4.02. The molecule has 2 aromatic rings. The molecule has 1 N–H and O–H groups in total. The number of halogens is 1. The number of amides is 1. The normalized spacial score (nSPS) is 11.0. The number of rotatable bonds is 6. The standard InChI is InChI=1S/C19H21BrN2OS/c1-4-15-5-7-16(8-6-15)11-21-22-19(23)12-24-18-10-13(2)17(20)9-14(18)3/h5-11H,4,12H2,1-3H3,(H,22,23)/b21-11-. The van der Waals surface area contributed by atoms with Gasteiger partial charge in [0.2, 0.25) is 5.91 Å². The Hall–Kier alpha value is -1.59. The third-order valence-corrected chi connectivity index (χ3v) is 5.62. The molecule has 5 heteroatoms. The summed E-state index contributed by atoms with van der Waals surface area (Å²) < 4.78 is 1.09. The largest absolute Gasteiger partial charge is 0.272 e. The van der Waals surface area contributed by atoms with Crippen LogP contribution >= 0.6 is 27.7 Å². The van der Waals surface area contributed by atoms with Crippen LogP contribution in [-0.4, -0.2) is 17.9 Å². The zero-order valence-corrected chi connectivity index (χ0v) is 16.5. The second kappa shape index (κ2) is 9.04. The fraction of sp³-hybridized carbons (Fsp3) is 0.263. The van der Waals surface area contributed by atoms with Crippen molar-refractivity contribution in [1.29, 1.82) is 0 Å². The second-order valence-electron chi connectivity index (χ2n) is 5.54. The minimum Gasteiger partial charge on any atom is -0.272 e. The maximum atomic E-state index is 11.9. The molecule has 0 aromatic heterocycles. The quantitative estimate of drug-likeness (QED) is 0.423. The van der Waals surface area contributed by atoms with Gasteiger partial charge in [0, 0.05) is 9.37 Å². The topological polar surface area (TPSA) is 41.5 Å². The molecule has 126 valence electrons. The van der Waals surface area contributed by atoms with Crippen LogP contribution in [0.25, 0.3) is 0 Å². The Morgan fingerprint density at radius 1 is 1.21 bits per heavy atom. The Balaban J connectivity index is 1.85. The highest BCUT2D eigenvalue weighted by molar-refractivity contribution is 9.10. The van der Waals surface area contributed by atoms with Crippen LogP contribution in [0.1, 0.15) is 29.2 Å². The van der Waals surface area contributed by atoms with Crippen molar-refractivity contribution < 1.29 is 4.79 Å². The molecule has 0 aliphatic rings. The fourth-order valence-corrected chi connectivity index (χ4v) is 3.46. The lowest BCUT2D eigenvalue weighted by atomic mass is 10.1. The molecule has 0 atom stereocenters. The lowest BCUT2D eigenvalue weighted by molar-refractivity contribution is -0.118. The molecule has 0 saturated carbocycles. The van der Waals surface area contributed by atoms with E-state index in [0.717, 1.165) is 32.5 Å². The van der Waals surface area contributed by atoms with E-state index in [9.17, 15) is 4.79 Å². The van der Waals surface area contributed by atoms with Gasteiger partial charge in [0.25, 0.3) is 0 Å². The van der Waals surface area contributed by atoms with E-state index in [4.69, 9.17) is 0 Å². The molecule has 0 fully saturated rings. The average Bonchev–Trinajstić information content (AvgIpc) is 2.57. The van der Waals surface area contributed by atoms with Crippen molar-refractivity contribution in [3.8, 4) is 0 Å². The highest BCUT2D eigenvalue weighted by Crippen LogP contribution is 2.28. The van der Waals surface area contributed by atoms with Gasteiger partial charge in [-0.1, -0.05) is 47.1 Å². The van der Waals surface area contributed by atoms with Crippen LogP contribution in [0.15, 0.2) is 50.9 Å². The minimum absolute atomic E-state index is 0.110. The van der Waals surface area contributed by atoms with Crippen molar-refractivity contribution in [3.05, 3.63) is 63.1 Å². The molecule has 3 nitrogen and oxygen atoms in total. The maximum absolute atomic E-state index is 11.9. The number of hydrogen-bond acceptors (Lipinski definition) is 3. The van der Waals surface area contributed by atoms with Crippen molar-refractivity contribution in [2.75, 3.05) is 5.75 Å². The molecule has 0 heterocycles. The first-order valence-corrected chi connectivity index (χ1v) is 9.58. The van der Waals surface area contributed by atoms with Crippen LogP contribution in [0.3, 0.4) is 0 Å². The summed E-state index contributed by atoms with van der Waals surface area (Å²) in [5.41, 5.74) is 7.15. The van der Waals surface area contributed by atoms with Crippen LogP contribution in [-0.2, 0) is 11.2 Å². The summed E-state index contributed by atoms with van der Waals surface area (Å²) in [5.74, 6) is 0.231. The third kappa shape index (κ3) is 5.49. The zero-order valence-electron chi connectivity index (χ0n) is 14.1. The van der Waals surface area contributed by atoms with E-state index in [-0.39, 0.29) is 5.91 Å². The van der Waals surface area contributed by atoms with Crippen molar-refractivity contribution >= 4 is 39.8 Å². The van der Waals surface area contributed by atoms with E-state index >= 15 is 0 Å². The molecule has 0 saturated heterocycles. The summed E-state index contributed by atoms with van der Waals surface area (Å²) in [6, 6.07) is 12.3. The van der Waals surface area contributed by atoms with Crippen molar-refractivity contribution in [2.24, 2.45) is 5.10 Å². The van der Waals surface area contributed by atoms with Crippen LogP contribution in [0.5, 0.6) is 0 Å². The number of carbonyl (C=O) groups excluding carboxylic acids is 1. The molecule has 24 heavy (non-hydrogen) atoms. The number of hydrogen-bond donors (Lipinski definition) is 1. The first-order chi connectivity index (χ1) is 11.5. The Morgan fingerprint density at radius 3 is 2.58 bits per heavy atom. The Bertz CT molecular complexity index is 742. The van der Waals surface area contributed by atoms with Gasteiger partial charge in [-0.2, -0.15) is 5.10 Å². The zero-order chi connectivity index (χ0) is 17.5. The number of benzene rings is 2. The monoisotopic (exact) mass is 404 g/mol. The van der Waals surface area contributed by atoms with E-state index in [2.05, 4.69) is 57.6 Å². The summed E-state index contributed by atoms with van der Waals surface area (Å²) >= 11 is 5.04. The average molecular weight is 405 g/mol. The van der Waals surface area contributed by atoms with E-state index in [1.807, 2.05) is 26.0 Å². The summed E-state index contributed by atoms with van der Waals surface area (Å²) in [6.45, 7) is 6.21. The predicted molar refractivity (Wildman–Crippen MR) is 106 cm³/mol. The maximum Gasteiger partial charge on any atom is 0.250 e. The lowest BCUT2D eigenvalue weighted by Crippen LogP contribution is -2.19. The molecule has 2 aromatic carbocycles. The van der Waals surface area contributed by atoms with E-state index in [1.165, 1.54) is 17.3 Å². The van der Waals surface area contributed by atoms with Gasteiger partial charge >= 0.3 is 0 Å². The Kier molecular flexibility index (Phi) is 7.06. The SMILES string of the molecule is CCc1ccc(/C=N\NC(=O)CSc2cc(C)c(Br)cc2C)cc1. The van der Waals surface area contributed by atoms with E-state index in [1.54, 1.807) is 6.21 Å². The molecule has 0 spiro atoms. The van der Waals surface area contributed by atoms with Gasteiger partial charge in [0.05, 0.1) is 12.0 Å². The molecule has 0 unspecified atom stereocenters. The summed E-state index contributed by atoms with van der Waals surface area (Å²) in [6.07, 6.45) is 2.68. The highest BCUT2D eigenvalue weighted by Gasteiger charge is 2.06. The summed E-state index contributed by atoms with van der Waals surface area (Å²) in [4.78, 5) is 13.0. The van der Waals surface area contributed by atoms with E-state index < -0.39 is 0 Å². The van der Waals surface area contributed by atoms with E-state index in [0.29, 0.717) is 5.75 Å². The van der Waals surface area contributed by atoms with Gasteiger partial charge in [-0.25, -0.2) is 5.43 Å². The van der Waals surface area contributed by atoms with Crippen molar-refractivity contribution in [3.63, 3.8) is 0 Å². The molecule has 2 rings (SSSR count). The fourth-order valence-electron chi connectivity index (χ4n) is 2.10. The Morgan fingerprint density at radius 2 is 1.92 bits per heavy atom. The first kappa shape index (κ1) is 18.7. The molecule has 1 amide bonds. The van der Waals surface area contributed by atoms with Crippen molar-refractivity contribution in [1.82, 2.24) is 5.43 Å². The van der Waals surface area contributed by atoms with Gasteiger partial charge in [0.1, 0.15) is 0 Å². The number of nitrogens with zero attached hydrogens (tertiary/aromatic N) is 1. The number of carbonyl (C=O) groups is 1. The molecular weight excluding hydrogens is 384 g/mol. The third-order valence-electron chi connectivity index (χ3n) is 3.61. The number of hydrazone groups is 1. The predicted octanol–water partition coefficient (Wildman–Crippen LogP) is 4.87. The number of nitrogens with one attached hydrogen (secondary N) is 1. The van der Waals surface area contributed by atoms with Crippen LogP contribution in [0, 0.1) is 13.8 Å². The van der Waals surface area contributed by atoms with Crippen molar-refractivity contribution in [2.45, 2.75) is 32.1 Å². The molecule has 0 aliphatic heterocycles. The van der Waals surface area contributed by atoms with Crippen LogP contribution in [0.2, 0.25) is 0 Å². The van der Waals surface area contributed by atoms with Gasteiger partial charge in [-0.15, -0.1) is 11.8 Å². The molecule has 0 radical (unpaired) electrons. The number of thioether (sulfide) groups is 1. The number of aryl methyl sites for hydroxylation is 3. The van der Waals surface area contributed by atoms with Gasteiger partial charge in [0.15, 0.2) is 0 Å². The smallest absolute Gasteiger partial charge is 0.250 e. The van der Waals surface area contributed by atoms with Crippen LogP contribution in [0.4, 0.5) is 0 Å². The minimum atomic E-state index is -0.110.